The first-order valence-electron chi connectivity index (χ1n) is 11.7. The van der Waals surface area contributed by atoms with Crippen LogP contribution in [0.2, 0.25) is 0 Å². The Labute approximate surface area is 192 Å². The van der Waals surface area contributed by atoms with Crippen molar-refractivity contribution in [3.05, 3.63) is 72.4 Å². The average molecular weight is 440 g/mol. The maximum absolute atomic E-state index is 13.4. The fraction of sp³-hybridized carbons (Fsp3) is 0.481. The van der Waals surface area contributed by atoms with Gasteiger partial charge in [-0.15, -0.1) is 0 Å². The van der Waals surface area contributed by atoms with Crippen molar-refractivity contribution in [2.45, 2.75) is 52.1 Å². The molecule has 0 saturated carbocycles. The Kier molecular flexibility index (Phi) is 9.10. The Morgan fingerprint density at radius 3 is 2.31 bits per heavy atom. The van der Waals surface area contributed by atoms with Gasteiger partial charge in [0.1, 0.15) is 11.6 Å². The molecule has 32 heavy (non-hydrogen) atoms. The van der Waals surface area contributed by atoms with Crippen LogP contribution in [0.1, 0.15) is 44.2 Å². The van der Waals surface area contributed by atoms with Crippen LogP contribution in [0.25, 0.3) is 0 Å². The molecule has 1 radical (unpaired) electrons. The highest BCUT2D eigenvalue weighted by Crippen LogP contribution is 2.22. The SMILES string of the molecule is [CH2]CCN1CCC(N(Cc2ccc(F)cc2)C(=O)Cc2ccc(OCC(C)C)cc2)CC1. The summed E-state index contributed by atoms with van der Waals surface area (Å²) < 4.78 is 19.1. The van der Waals surface area contributed by atoms with Gasteiger partial charge in [0.05, 0.1) is 13.0 Å². The number of ether oxygens (including phenoxy) is 1. The van der Waals surface area contributed by atoms with Crippen molar-refractivity contribution in [3.63, 3.8) is 0 Å². The smallest absolute Gasteiger partial charge is 0.227 e. The monoisotopic (exact) mass is 439 g/mol. The highest BCUT2D eigenvalue weighted by Gasteiger charge is 2.28. The predicted molar refractivity (Wildman–Crippen MR) is 127 cm³/mol. The minimum Gasteiger partial charge on any atom is -0.493 e. The molecule has 1 heterocycles. The zero-order valence-electron chi connectivity index (χ0n) is 19.4. The molecule has 5 heteroatoms. The van der Waals surface area contributed by atoms with Crippen LogP contribution in [0.4, 0.5) is 4.39 Å². The standard InChI is InChI=1S/C27H36FN2O2/c1-4-15-29-16-13-25(14-17-29)30(19-23-5-9-24(28)10-6-23)27(31)18-22-7-11-26(12-8-22)32-20-21(2)3/h5-12,21,25H,1,4,13-20H2,2-3H3. The Morgan fingerprint density at radius 1 is 1.09 bits per heavy atom. The van der Waals surface area contributed by atoms with Gasteiger partial charge in [0, 0.05) is 25.7 Å². The van der Waals surface area contributed by atoms with E-state index < -0.39 is 0 Å². The van der Waals surface area contributed by atoms with E-state index >= 15 is 0 Å². The second-order valence-electron chi connectivity index (χ2n) is 9.10. The van der Waals surface area contributed by atoms with Gasteiger partial charge in [0.25, 0.3) is 0 Å². The van der Waals surface area contributed by atoms with Gasteiger partial charge < -0.3 is 14.5 Å². The van der Waals surface area contributed by atoms with Gasteiger partial charge in [-0.2, -0.15) is 0 Å². The lowest BCUT2D eigenvalue weighted by Gasteiger charge is -2.38. The van der Waals surface area contributed by atoms with Gasteiger partial charge >= 0.3 is 0 Å². The number of nitrogens with zero attached hydrogens (tertiary/aromatic N) is 2. The lowest BCUT2D eigenvalue weighted by Crippen LogP contribution is -2.47. The van der Waals surface area contributed by atoms with Crippen LogP contribution in [-0.4, -0.2) is 48.0 Å². The topological polar surface area (TPSA) is 32.8 Å². The largest absolute Gasteiger partial charge is 0.493 e. The summed E-state index contributed by atoms with van der Waals surface area (Å²) in [6.07, 6.45) is 3.16. The number of likely N-dealkylation sites (tertiary alicyclic amines) is 1. The molecule has 4 nitrogen and oxygen atoms in total. The minimum absolute atomic E-state index is 0.112. The van der Waals surface area contributed by atoms with Gasteiger partial charge in [-0.3, -0.25) is 4.79 Å². The average Bonchev–Trinajstić information content (AvgIpc) is 2.79. The van der Waals surface area contributed by atoms with Crippen LogP contribution >= 0.6 is 0 Å². The minimum atomic E-state index is -0.257. The van der Waals surface area contributed by atoms with Gasteiger partial charge in [0.2, 0.25) is 5.91 Å². The van der Waals surface area contributed by atoms with E-state index in [-0.39, 0.29) is 17.8 Å². The Hall–Kier alpha value is -2.40. The number of piperidine rings is 1. The van der Waals surface area contributed by atoms with Crippen molar-refractivity contribution in [2.75, 3.05) is 26.2 Å². The quantitative estimate of drug-likeness (QED) is 0.515. The molecular formula is C27H36FN2O2. The molecule has 173 valence electrons. The van der Waals surface area contributed by atoms with Crippen molar-refractivity contribution in [1.29, 1.82) is 0 Å². The first-order valence-corrected chi connectivity index (χ1v) is 11.7. The highest BCUT2D eigenvalue weighted by molar-refractivity contribution is 5.79. The molecule has 1 fully saturated rings. The summed E-state index contributed by atoms with van der Waals surface area (Å²) in [5.41, 5.74) is 1.93. The number of hydrogen-bond donors (Lipinski definition) is 0. The Balaban J connectivity index is 1.67. The molecule has 0 atom stereocenters. The molecule has 0 N–H and O–H groups in total. The molecule has 1 aliphatic rings. The highest BCUT2D eigenvalue weighted by atomic mass is 19.1. The van der Waals surface area contributed by atoms with E-state index in [1.54, 1.807) is 12.1 Å². The van der Waals surface area contributed by atoms with Crippen molar-refractivity contribution in [2.24, 2.45) is 5.92 Å². The van der Waals surface area contributed by atoms with Gasteiger partial charge in [-0.1, -0.05) is 45.0 Å². The third-order valence-electron chi connectivity index (χ3n) is 5.92. The summed E-state index contributed by atoms with van der Waals surface area (Å²) in [6.45, 7) is 12.3. The van der Waals surface area contributed by atoms with Crippen LogP contribution in [-0.2, 0) is 17.8 Å². The summed E-state index contributed by atoms with van der Waals surface area (Å²) >= 11 is 0. The van der Waals surface area contributed by atoms with Gasteiger partial charge in [-0.05, 0) is 67.1 Å². The van der Waals surface area contributed by atoms with Crippen molar-refractivity contribution in [3.8, 4) is 5.75 Å². The molecule has 1 aliphatic heterocycles. The molecule has 0 spiro atoms. The van der Waals surface area contributed by atoms with E-state index in [0.717, 1.165) is 55.8 Å². The van der Waals surface area contributed by atoms with E-state index in [2.05, 4.69) is 25.7 Å². The molecule has 2 aromatic carbocycles. The summed E-state index contributed by atoms with van der Waals surface area (Å²) in [6, 6.07) is 14.5. The molecule has 0 aliphatic carbocycles. The van der Waals surface area contributed by atoms with Crippen molar-refractivity contribution < 1.29 is 13.9 Å². The van der Waals surface area contributed by atoms with Gasteiger partial charge in [0.15, 0.2) is 0 Å². The zero-order chi connectivity index (χ0) is 22.9. The normalized spacial score (nSPS) is 15.2. The van der Waals surface area contributed by atoms with E-state index in [4.69, 9.17) is 4.74 Å². The number of carbonyl (C=O) groups excluding carboxylic acids is 1. The Bertz CT molecular complexity index is 828. The van der Waals surface area contributed by atoms with Crippen LogP contribution in [0.15, 0.2) is 48.5 Å². The zero-order valence-corrected chi connectivity index (χ0v) is 19.4. The summed E-state index contributed by atoms with van der Waals surface area (Å²) in [5.74, 6) is 1.15. The summed E-state index contributed by atoms with van der Waals surface area (Å²) in [4.78, 5) is 17.8. The first kappa shape index (κ1) is 24.2. The third kappa shape index (κ3) is 7.33. The lowest BCUT2D eigenvalue weighted by atomic mass is 10.0. The molecule has 1 amide bonds. The first-order chi connectivity index (χ1) is 15.4. The van der Waals surface area contributed by atoms with Crippen LogP contribution in [0.5, 0.6) is 5.75 Å². The molecular weight excluding hydrogens is 403 g/mol. The van der Waals surface area contributed by atoms with E-state index in [1.165, 1.54) is 12.1 Å². The lowest BCUT2D eigenvalue weighted by molar-refractivity contribution is -0.134. The number of amides is 1. The molecule has 0 aromatic heterocycles. The number of halogens is 1. The molecule has 0 unspecified atom stereocenters. The maximum atomic E-state index is 13.4. The second-order valence-corrected chi connectivity index (χ2v) is 9.10. The molecule has 0 bridgehead atoms. The van der Waals surface area contributed by atoms with Gasteiger partial charge in [-0.25, -0.2) is 4.39 Å². The van der Waals surface area contributed by atoms with E-state index in [1.807, 2.05) is 29.2 Å². The fourth-order valence-electron chi connectivity index (χ4n) is 4.13. The molecule has 1 saturated heterocycles. The number of hydrogen-bond acceptors (Lipinski definition) is 3. The Morgan fingerprint density at radius 2 is 1.72 bits per heavy atom. The molecule has 3 rings (SSSR count). The number of rotatable bonds is 10. The van der Waals surface area contributed by atoms with E-state index in [0.29, 0.717) is 25.5 Å². The third-order valence-corrected chi connectivity index (χ3v) is 5.92. The van der Waals surface area contributed by atoms with Crippen molar-refractivity contribution in [1.82, 2.24) is 9.80 Å². The van der Waals surface area contributed by atoms with E-state index in [9.17, 15) is 9.18 Å². The second kappa shape index (κ2) is 12.0. The fourth-order valence-corrected chi connectivity index (χ4v) is 4.13. The van der Waals surface area contributed by atoms with Crippen LogP contribution in [0, 0.1) is 18.7 Å². The summed E-state index contributed by atoms with van der Waals surface area (Å²) in [7, 11) is 0. The number of carbonyl (C=O) groups is 1. The molecule has 2 aromatic rings. The maximum Gasteiger partial charge on any atom is 0.227 e. The van der Waals surface area contributed by atoms with Crippen LogP contribution < -0.4 is 4.74 Å². The number of benzene rings is 2. The summed E-state index contributed by atoms with van der Waals surface area (Å²) in [5, 5.41) is 0. The van der Waals surface area contributed by atoms with Crippen molar-refractivity contribution >= 4 is 5.91 Å². The van der Waals surface area contributed by atoms with Crippen LogP contribution in [0.3, 0.4) is 0 Å². The predicted octanol–water partition coefficient (Wildman–Crippen LogP) is 5.12.